The van der Waals surface area contributed by atoms with Crippen molar-refractivity contribution in [3.8, 4) is 0 Å². The van der Waals surface area contributed by atoms with Crippen molar-refractivity contribution in [3.05, 3.63) is 33.9 Å². The van der Waals surface area contributed by atoms with Crippen LogP contribution in [0.4, 0.5) is 0 Å². The van der Waals surface area contributed by atoms with Crippen LogP contribution in [0.2, 0.25) is 0 Å². The molecule has 15 heavy (non-hydrogen) atoms. The van der Waals surface area contributed by atoms with E-state index in [9.17, 15) is 4.79 Å². The lowest BCUT2D eigenvalue weighted by molar-refractivity contribution is 0.0826. The highest BCUT2D eigenvalue weighted by Crippen LogP contribution is 2.22. The number of carbonyl (C=O) groups excluding carboxylic acids is 1. The Balaban J connectivity index is 3.46. The Kier molecular flexibility index (Phi) is 3.18. The van der Waals surface area contributed by atoms with Crippen LogP contribution in [0.3, 0.4) is 0 Å². The molecule has 82 valence electrons. The fraction of sp³-hybridized carbons (Fsp3) is 0.462. The fourth-order valence-electron chi connectivity index (χ4n) is 1.76. The third kappa shape index (κ3) is 2.04. The number of hydrogen-bond acceptors (Lipinski definition) is 1. The molecule has 0 saturated carbocycles. The van der Waals surface area contributed by atoms with Crippen LogP contribution >= 0.6 is 0 Å². The van der Waals surface area contributed by atoms with Crippen LogP contribution in [0.5, 0.6) is 0 Å². The lowest BCUT2D eigenvalue weighted by Crippen LogP contribution is -2.24. The summed E-state index contributed by atoms with van der Waals surface area (Å²) in [4.78, 5) is 13.6. The molecule has 0 fully saturated rings. The number of rotatable bonds is 1. The van der Waals surface area contributed by atoms with Crippen LogP contribution in [-0.2, 0) is 0 Å². The molecule has 1 rings (SSSR count). The van der Waals surface area contributed by atoms with Gasteiger partial charge in [0.1, 0.15) is 0 Å². The second-order valence-electron chi connectivity index (χ2n) is 4.33. The first-order valence-electron chi connectivity index (χ1n) is 5.15. The molecule has 0 heterocycles. The summed E-state index contributed by atoms with van der Waals surface area (Å²) < 4.78 is 0. The SMILES string of the molecule is Cc1cc(C)c(C)c(C(=O)N(C)C)c1C. The monoisotopic (exact) mass is 205 g/mol. The van der Waals surface area contributed by atoms with Gasteiger partial charge in [-0.05, 0) is 49.9 Å². The van der Waals surface area contributed by atoms with Crippen molar-refractivity contribution in [2.75, 3.05) is 14.1 Å². The molecule has 0 bridgehead atoms. The van der Waals surface area contributed by atoms with Gasteiger partial charge >= 0.3 is 0 Å². The number of nitrogens with zero attached hydrogens (tertiary/aromatic N) is 1. The Hall–Kier alpha value is -1.31. The molecule has 0 saturated heterocycles. The summed E-state index contributed by atoms with van der Waals surface area (Å²) in [6.45, 7) is 8.12. The van der Waals surface area contributed by atoms with Crippen LogP contribution in [0, 0.1) is 27.7 Å². The zero-order valence-electron chi connectivity index (χ0n) is 10.4. The molecule has 0 unspecified atom stereocenters. The standard InChI is InChI=1S/C13H19NO/c1-8-7-9(2)11(4)12(10(8)3)13(15)14(5)6/h7H,1-6H3. The highest BCUT2D eigenvalue weighted by Gasteiger charge is 2.16. The maximum atomic E-state index is 12.0. The van der Waals surface area contributed by atoms with Crippen LogP contribution < -0.4 is 0 Å². The minimum absolute atomic E-state index is 0.0943. The molecule has 1 amide bonds. The van der Waals surface area contributed by atoms with Gasteiger partial charge in [-0.2, -0.15) is 0 Å². The summed E-state index contributed by atoms with van der Waals surface area (Å²) in [6, 6.07) is 2.14. The van der Waals surface area contributed by atoms with Gasteiger partial charge < -0.3 is 4.90 Å². The van der Waals surface area contributed by atoms with Crippen molar-refractivity contribution in [2.24, 2.45) is 0 Å². The molecule has 0 radical (unpaired) electrons. The molecule has 0 aliphatic carbocycles. The first kappa shape index (κ1) is 11.8. The maximum absolute atomic E-state index is 12.0. The molecule has 1 aromatic rings. The van der Waals surface area contributed by atoms with Gasteiger partial charge in [0.05, 0.1) is 0 Å². The average molecular weight is 205 g/mol. The third-order valence-electron chi connectivity index (χ3n) is 2.99. The van der Waals surface area contributed by atoms with E-state index in [0.717, 1.165) is 16.7 Å². The minimum atomic E-state index is 0.0943. The predicted octanol–water partition coefficient (Wildman–Crippen LogP) is 2.62. The summed E-state index contributed by atoms with van der Waals surface area (Å²) in [7, 11) is 3.58. The smallest absolute Gasteiger partial charge is 0.253 e. The molecule has 0 N–H and O–H groups in total. The summed E-state index contributed by atoms with van der Waals surface area (Å²) >= 11 is 0. The number of amides is 1. The number of carbonyl (C=O) groups is 1. The van der Waals surface area contributed by atoms with E-state index in [4.69, 9.17) is 0 Å². The van der Waals surface area contributed by atoms with Crippen LogP contribution in [0.1, 0.15) is 32.6 Å². The largest absolute Gasteiger partial charge is 0.345 e. The minimum Gasteiger partial charge on any atom is -0.345 e. The zero-order valence-corrected chi connectivity index (χ0v) is 10.4. The topological polar surface area (TPSA) is 20.3 Å². The van der Waals surface area contributed by atoms with Crippen molar-refractivity contribution in [1.82, 2.24) is 4.90 Å². The van der Waals surface area contributed by atoms with Crippen molar-refractivity contribution >= 4 is 5.91 Å². The van der Waals surface area contributed by atoms with Crippen molar-refractivity contribution in [3.63, 3.8) is 0 Å². The lowest BCUT2D eigenvalue weighted by atomic mass is 9.93. The molecular weight excluding hydrogens is 186 g/mol. The number of hydrogen-bond donors (Lipinski definition) is 0. The Morgan fingerprint density at radius 2 is 1.40 bits per heavy atom. The predicted molar refractivity (Wildman–Crippen MR) is 63.4 cm³/mol. The van der Waals surface area contributed by atoms with Crippen molar-refractivity contribution < 1.29 is 4.79 Å². The van der Waals surface area contributed by atoms with E-state index in [1.807, 2.05) is 27.7 Å². The average Bonchev–Trinajstić information content (AvgIpc) is 2.15. The second kappa shape index (κ2) is 4.05. The second-order valence-corrected chi connectivity index (χ2v) is 4.33. The van der Waals surface area contributed by atoms with Gasteiger partial charge in [-0.25, -0.2) is 0 Å². The van der Waals surface area contributed by atoms with E-state index in [1.165, 1.54) is 11.1 Å². The number of benzene rings is 1. The van der Waals surface area contributed by atoms with Gasteiger partial charge in [0.15, 0.2) is 0 Å². The summed E-state index contributed by atoms with van der Waals surface area (Å²) in [5.41, 5.74) is 5.41. The van der Waals surface area contributed by atoms with Crippen molar-refractivity contribution in [1.29, 1.82) is 0 Å². The van der Waals surface area contributed by atoms with Crippen LogP contribution in [0.25, 0.3) is 0 Å². The summed E-state index contributed by atoms with van der Waals surface area (Å²) in [5.74, 6) is 0.0943. The zero-order chi connectivity index (χ0) is 11.7. The van der Waals surface area contributed by atoms with E-state index in [-0.39, 0.29) is 5.91 Å². The Labute approximate surface area is 91.9 Å². The van der Waals surface area contributed by atoms with E-state index in [1.54, 1.807) is 19.0 Å². The molecule has 0 spiro atoms. The van der Waals surface area contributed by atoms with E-state index in [0.29, 0.717) is 0 Å². The summed E-state index contributed by atoms with van der Waals surface area (Å²) in [6.07, 6.45) is 0. The molecule has 2 nitrogen and oxygen atoms in total. The Morgan fingerprint density at radius 1 is 1.00 bits per heavy atom. The van der Waals surface area contributed by atoms with Gasteiger partial charge in [-0.15, -0.1) is 0 Å². The first-order valence-corrected chi connectivity index (χ1v) is 5.15. The van der Waals surface area contributed by atoms with Crippen LogP contribution in [-0.4, -0.2) is 24.9 Å². The van der Waals surface area contributed by atoms with Gasteiger partial charge in [-0.3, -0.25) is 4.79 Å². The van der Waals surface area contributed by atoms with Gasteiger partial charge in [0.25, 0.3) is 5.91 Å². The molecular formula is C13H19NO. The normalized spacial score (nSPS) is 10.3. The molecule has 0 aliphatic rings. The van der Waals surface area contributed by atoms with Crippen LogP contribution in [0.15, 0.2) is 6.07 Å². The molecule has 0 atom stereocenters. The fourth-order valence-corrected chi connectivity index (χ4v) is 1.76. The Morgan fingerprint density at radius 3 is 1.73 bits per heavy atom. The van der Waals surface area contributed by atoms with Gasteiger partial charge in [0.2, 0.25) is 0 Å². The molecule has 2 heteroatoms. The quantitative estimate of drug-likeness (QED) is 0.690. The lowest BCUT2D eigenvalue weighted by Gasteiger charge is -2.18. The Bertz CT molecular complexity index is 379. The van der Waals surface area contributed by atoms with E-state index in [2.05, 4.69) is 6.07 Å². The molecule has 0 aliphatic heterocycles. The van der Waals surface area contributed by atoms with Crippen molar-refractivity contribution in [2.45, 2.75) is 27.7 Å². The van der Waals surface area contributed by atoms with E-state index < -0.39 is 0 Å². The highest BCUT2D eigenvalue weighted by atomic mass is 16.2. The number of aryl methyl sites for hydroxylation is 2. The summed E-state index contributed by atoms with van der Waals surface area (Å²) in [5, 5.41) is 0. The van der Waals surface area contributed by atoms with E-state index >= 15 is 0 Å². The van der Waals surface area contributed by atoms with Gasteiger partial charge in [0, 0.05) is 19.7 Å². The maximum Gasteiger partial charge on any atom is 0.253 e. The first-order chi connectivity index (χ1) is 6.86. The third-order valence-corrected chi connectivity index (χ3v) is 2.99. The molecule has 0 aromatic heterocycles. The highest BCUT2D eigenvalue weighted by molar-refractivity contribution is 5.97. The molecule has 1 aromatic carbocycles. The van der Waals surface area contributed by atoms with Gasteiger partial charge in [-0.1, -0.05) is 6.07 Å².